The second kappa shape index (κ2) is 7.50. The average Bonchev–Trinajstić information content (AvgIpc) is 2.90. The van der Waals surface area contributed by atoms with Crippen molar-refractivity contribution in [3.63, 3.8) is 0 Å². The van der Waals surface area contributed by atoms with Crippen molar-refractivity contribution in [1.29, 1.82) is 0 Å². The van der Waals surface area contributed by atoms with E-state index in [1.165, 1.54) is 5.56 Å². The molecule has 0 radical (unpaired) electrons. The van der Waals surface area contributed by atoms with E-state index in [0.717, 1.165) is 16.8 Å². The summed E-state index contributed by atoms with van der Waals surface area (Å²) >= 11 is 0. The van der Waals surface area contributed by atoms with Gasteiger partial charge in [-0.1, -0.05) is 100 Å². The SMILES string of the molecule is CC(C)(C)C1=NOC(=O)C1=C=Nc1c(C(C)(C)C)cc(C(C)(C)C)cc1C(C)(C)C. The van der Waals surface area contributed by atoms with Crippen molar-refractivity contribution in [1.82, 2.24) is 0 Å². The molecule has 0 aliphatic carbocycles. The zero-order valence-electron chi connectivity index (χ0n) is 20.9. The van der Waals surface area contributed by atoms with Gasteiger partial charge in [-0.05, 0) is 32.9 Å². The van der Waals surface area contributed by atoms with Crippen molar-refractivity contribution in [2.45, 2.75) is 99.3 Å². The Morgan fingerprint density at radius 1 is 0.767 bits per heavy atom. The van der Waals surface area contributed by atoms with Crippen LogP contribution in [0.3, 0.4) is 0 Å². The summed E-state index contributed by atoms with van der Waals surface area (Å²) in [6.07, 6.45) is 0. The maximum absolute atomic E-state index is 12.3. The number of aliphatic imine (C=N–C) groups is 1. The summed E-state index contributed by atoms with van der Waals surface area (Å²) in [5.74, 6) is 2.53. The van der Waals surface area contributed by atoms with Gasteiger partial charge in [0, 0.05) is 11.3 Å². The number of nitrogens with zero attached hydrogens (tertiary/aromatic N) is 2. The van der Waals surface area contributed by atoms with Crippen molar-refractivity contribution >= 4 is 23.2 Å². The van der Waals surface area contributed by atoms with Crippen LogP contribution in [0.4, 0.5) is 5.69 Å². The van der Waals surface area contributed by atoms with Gasteiger partial charge in [-0.3, -0.25) is 0 Å². The Kier molecular flexibility index (Phi) is 6.02. The molecule has 0 atom stereocenters. The number of carbonyl (C=O) groups excluding carboxylic acids is 1. The molecule has 0 saturated carbocycles. The Morgan fingerprint density at radius 2 is 1.23 bits per heavy atom. The quantitative estimate of drug-likeness (QED) is 0.291. The molecule has 1 aromatic carbocycles. The molecule has 4 nitrogen and oxygen atoms in total. The molecule has 0 spiro atoms. The van der Waals surface area contributed by atoms with Crippen LogP contribution in [0.25, 0.3) is 0 Å². The predicted molar refractivity (Wildman–Crippen MR) is 126 cm³/mol. The summed E-state index contributed by atoms with van der Waals surface area (Å²) in [5, 5.41) is 3.98. The molecule has 164 valence electrons. The number of oxime groups is 1. The highest BCUT2D eigenvalue weighted by Gasteiger charge is 2.35. The molecule has 4 heteroatoms. The van der Waals surface area contributed by atoms with Gasteiger partial charge in [-0.25, -0.2) is 9.79 Å². The molecule has 1 aliphatic rings. The summed E-state index contributed by atoms with van der Waals surface area (Å²) in [5.41, 5.74) is 4.78. The number of rotatable bonds is 1. The van der Waals surface area contributed by atoms with Gasteiger partial charge in [0.2, 0.25) is 0 Å². The van der Waals surface area contributed by atoms with Crippen LogP contribution in [0.1, 0.15) is 99.8 Å². The minimum absolute atomic E-state index is 0.0159. The van der Waals surface area contributed by atoms with E-state index < -0.39 is 5.97 Å². The number of hydrogen-bond donors (Lipinski definition) is 0. The largest absolute Gasteiger partial charge is 0.377 e. The van der Waals surface area contributed by atoms with Gasteiger partial charge in [0.1, 0.15) is 11.3 Å². The Morgan fingerprint density at radius 3 is 1.60 bits per heavy atom. The third-order valence-electron chi connectivity index (χ3n) is 5.24. The van der Waals surface area contributed by atoms with Gasteiger partial charge in [-0.15, -0.1) is 0 Å². The monoisotopic (exact) mass is 410 g/mol. The lowest BCUT2D eigenvalue weighted by molar-refractivity contribution is -0.136. The zero-order valence-corrected chi connectivity index (χ0v) is 20.9. The van der Waals surface area contributed by atoms with Crippen molar-refractivity contribution in [3.8, 4) is 0 Å². The first-order valence-electron chi connectivity index (χ1n) is 10.7. The maximum atomic E-state index is 12.3. The molecule has 30 heavy (non-hydrogen) atoms. The van der Waals surface area contributed by atoms with Crippen molar-refractivity contribution in [3.05, 3.63) is 34.4 Å². The molecular weight excluding hydrogens is 372 g/mol. The standard InChI is InChI=1S/C26H38N2O2/c1-23(2,3)16-13-18(24(4,5)6)20(19(14-16)25(7,8)9)27-15-17-21(26(10,11)12)28-30-22(17)29/h13-14H,1-12H3. The van der Waals surface area contributed by atoms with Crippen molar-refractivity contribution in [2.24, 2.45) is 15.6 Å². The van der Waals surface area contributed by atoms with E-state index in [0.29, 0.717) is 11.3 Å². The van der Waals surface area contributed by atoms with Crippen molar-refractivity contribution < 1.29 is 9.63 Å². The highest BCUT2D eigenvalue weighted by molar-refractivity contribution is 6.29. The van der Waals surface area contributed by atoms with E-state index in [1.54, 1.807) is 0 Å². The molecule has 1 heterocycles. The van der Waals surface area contributed by atoms with Crippen LogP contribution in [0, 0.1) is 5.41 Å². The Hall–Kier alpha value is -2.19. The summed E-state index contributed by atoms with van der Waals surface area (Å²) in [6.45, 7) is 25.8. The third kappa shape index (κ3) is 5.10. The first kappa shape index (κ1) is 24.1. The second-order valence-corrected chi connectivity index (χ2v) is 12.3. The lowest BCUT2D eigenvalue weighted by atomic mass is 9.74. The highest BCUT2D eigenvalue weighted by atomic mass is 16.7. The van der Waals surface area contributed by atoms with Gasteiger partial charge in [-0.2, -0.15) is 0 Å². The first-order valence-corrected chi connectivity index (χ1v) is 10.7. The Bertz CT molecular complexity index is 912. The second-order valence-electron chi connectivity index (χ2n) is 12.3. The van der Waals surface area contributed by atoms with Gasteiger partial charge in [0.15, 0.2) is 0 Å². The van der Waals surface area contributed by atoms with Crippen LogP contribution >= 0.6 is 0 Å². The number of carbonyl (C=O) groups is 1. The molecule has 0 amide bonds. The minimum Gasteiger partial charge on any atom is -0.312 e. The molecule has 0 saturated heterocycles. The van der Waals surface area contributed by atoms with Crippen LogP contribution in [-0.4, -0.2) is 17.6 Å². The maximum Gasteiger partial charge on any atom is 0.377 e. The van der Waals surface area contributed by atoms with Crippen LogP contribution < -0.4 is 0 Å². The fraction of sp³-hybridized carbons (Fsp3) is 0.615. The van der Waals surface area contributed by atoms with Gasteiger partial charge >= 0.3 is 5.97 Å². The van der Waals surface area contributed by atoms with Crippen LogP contribution in [0.5, 0.6) is 0 Å². The number of hydrogen-bond acceptors (Lipinski definition) is 4. The van der Waals surface area contributed by atoms with Crippen molar-refractivity contribution in [2.75, 3.05) is 0 Å². The van der Waals surface area contributed by atoms with E-state index in [-0.39, 0.29) is 21.7 Å². The molecule has 1 aromatic rings. The molecule has 0 fully saturated rings. The van der Waals surface area contributed by atoms with E-state index in [4.69, 9.17) is 9.83 Å². The van der Waals surface area contributed by atoms with Crippen LogP contribution in [0.15, 0.2) is 27.9 Å². The Labute approximate surface area is 182 Å². The molecule has 1 aliphatic heterocycles. The van der Waals surface area contributed by atoms with Crippen LogP contribution in [0.2, 0.25) is 0 Å². The van der Waals surface area contributed by atoms with Gasteiger partial charge in [0.25, 0.3) is 0 Å². The number of benzene rings is 1. The van der Waals surface area contributed by atoms with Gasteiger partial charge < -0.3 is 4.84 Å². The van der Waals surface area contributed by atoms with E-state index in [1.807, 2.05) is 20.8 Å². The summed E-state index contributed by atoms with van der Waals surface area (Å²) in [7, 11) is 0. The average molecular weight is 411 g/mol. The van der Waals surface area contributed by atoms with E-state index in [9.17, 15) is 4.79 Å². The fourth-order valence-electron chi connectivity index (χ4n) is 3.33. The van der Waals surface area contributed by atoms with Crippen LogP contribution in [-0.2, 0) is 25.9 Å². The molecule has 2 rings (SSSR count). The summed E-state index contributed by atoms with van der Waals surface area (Å²) < 4.78 is 0. The smallest absolute Gasteiger partial charge is 0.312 e. The molecule has 0 unspecified atom stereocenters. The molecule has 0 bridgehead atoms. The lowest BCUT2D eigenvalue weighted by Crippen LogP contribution is -2.22. The molecule has 0 N–H and O–H groups in total. The Balaban J connectivity index is 2.89. The fourth-order valence-corrected chi connectivity index (χ4v) is 3.33. The molecular formula is C26H38N2O2. The summed E-state index contributed by atoms with van der Waals surface area (Å²) in [4.78, 5) is 22.0. The topological polar surface area (TPSA) is 51.0 Å². The van der Waals surface area contributed by atoms with Gasteiger partial charge in [0.05, 0.1) is 5.69 Å². The minimum atomic E-state index is -0.496. The predicted octanol–water partition coefficient (Wildman–Crippen LogP) is 6.77. The lowest BCUT2D eigenvalue weighted by Gasteiger charge is -2.31. The van der Waals surface area contributed by atoms with E-state index in [2.05, 4.69) is 85.5 Å². The zero-order chi connectivity index (χ0) is 23.3. The highest BCUT2D eigenvalue weighted by Crippen LogP contribution is 2.42. The van der Waals surface area contributed by atoms with E-state index >= 15 is 0 Å². The third-order valence-corrected chi connectivity index (χ3v) is 5.24. The molecule has 0 aromatic heterocycles. The summed E-state index contributed by atoms with van der Waals surface area (Å²) in [6, 6.07) is 4.51. The first-order chi connectivity index (χ1) is 13.3. The normalized spacial score (nSPS) is 15.7.